The van der Waals surface area contributed by atoms with E-state index in [4.69, 9.17) is 4.74 Å². The van der Waals surface area contributed by atoms with Crippen LogP contribution in [0.5, 0.6) is 0 Å². The molecule has 0 spiro atoms. The van der Waals surface area contributed by atoms with Crippen LogP contribution >= 0.6 is 0 Å². The van der Waals surface area contributed by atoms with Gasteiger partial charge in [0.15, 0.2) is 0 Å². The molecule has 6 heteroatoms. The number of amides is 1. The number of aryl methyl sites for hydroxylation is 1. The van der Waals surface area contributed by atoms with E-state index < -0.39 is 0 Å². The smallest absolute Gasteiger partial charge is 0.239 e. The summed E-state index contributed by atoms with van der Waals surface area (Å²) in [5.41, 5.74) is 0.931. The van der Waals surface area contributed by atoms with E-state index in [1.807, 2.05) is 31.5 Å². The zero-order chi connectivity index (χ0) is 17.0. The maximum Gasteiger partial charge on any atom is 0.239 e. The summed E-state index contributed by atoms with van der Waals surface area (Å²) in [7, 11) is 0. The summed E-state index contributed by atoms with van der Waals surface area (Å²) >= 11 is 0. The Hall–Kier alpha value is -1.40. The van der Waals surface area contributed by atoms with Crippen molar-refractivity contribution >= 4 is 11.7 Å². The molecule has 0 radical (unpaired) electrons. The molecule has 1 N–H and O–H groups in total. The number of carbonyl (C=O) groups is 1. The van der Waals surface area contributed by atoms with Crippen LogP contribution in [0.2, 0.25) is 0 Å². The van der Waals surface area contributed by atoms with Gasteiger partial charge in [0.05, 0.1) is 30.5 Å². The maximum atomic E-state index is 12.4. The highest BCUT2D eigenvalue weighted by atomic mass is 16.5. The lowest BCUT2D eigenvalue weighted by Gasteiger charge is -2.34. The normalized spacial score (nSPS) is 22.5. The first-order chi connectivity index (χ1) is 10.9. The fraction of sp³-hybridized carbons (Fsp3) is 0.765. The van der Waals surface area contributed by atoms with Gasteiger partial charge >= 0.3 is 0 Å². The molecule has 0 aliphatic carbocycles. The third-order valence-corrected chi connectivity index (χ3v) is 4.28. The van der Waals surface area contributed by atoms with Crippen LogP contribution in [0.4, 0.5) is 5.82 Å². The molecule has 2 atom stereocenters. The molecule has 1 aliphatic rings. The highest BCUT2D eigenvalue weighted by molar-refractivity contribution is 5.91. The number of nitrogens with zero attached hydrogens (tertiary/aromatic N) is 3. The number of ether oxygens (including phenoxy) is 1. The molecular formula is C17H30N4O2. The quantitative estimate of drug-likeness (QED) is 0.874. The van der Waals surface area contributed by atoms with Crippen LogP contribution in [-0.4, -0.2) is 52.4 Å². The Kier molecular flexibility index (Phi) is 6.18. The first-order valence-corrected chi connectivity index (χ1v) is 8.66. The Bertz CT molecular complexity index is 515. The van der Waals surface area contributed by atoms with Gasteiger partial charge in [0.2, 0.25) is 5.91 Å². The van der Waals surface area contributed by atoms with E-state index in [2.05, 4.69) is 29.2 Å². The van der Waals surface area contributed by atoms with Gasteiger partial charge in [0.1, 0.15) is 5.82 Å². The van der Waals surface area contributed by atoms with Gasteiger partial charge in [-0.2, -0.15) is 5.10 Å². The van der Waals surface area contributed by atoms with Gasteiger partial charge in [0.25, 0.3) is 0 Å². The Balaban J connectivity index is 2.00. The fourth-order valence-corrected chi connectivity index (χ4v) is 3.32. The largest absolute Gasteiger partial charge is 0.373 e. The van der Waals surface area contributed by atoms with Gasteiger partial charge < -0.3 is 10.1 Å². The average Bonchev–Trinajstić information content (AvgIpc) is 2.79. The Morgan fingerprint density at radius 2 is 1.96 bits per heavy atom. The lowest BCUT2D eigenvalue weighted by molar-refractivity contribution is -0.121. The van der Waals surface area contributed by atoms with Crippen molar-refractivity contribution in [1.82, 2.24) is 14.7 Å². The Labute approximate surface area is 139 Å². The molecule has 1 amide bonds. The van der Waals surface area contributed by atoms with Crippen molar-refractivity contribution in [3.8, 4) is 0 Å². The van der Waals surface area contributed by atoms with Gasteiger partial charge in [-0.15, -0.1) is 0 Å². The second kappa shape index (κ2) is 7.93. The van der Waals surface area contributed by atoms with E-state index in [0.29, 0.717) is 12.6 Å². The molecule has 2 heterocycles. The third-order valence-electron chi connectivity index (χ3n) is 4.28. The van der Waals surface area contributed by atoms with Gasteiger partial charge in [-0.1, -0.05) is 13.8 Å². The van der Waals surface area contributed by atoms with Crippen molar-refractivity contribution < 1.29 is 9.53 Å². The molecular weight excluding hydrogens is 292 g/mol. The molecule has 1 aromatic heterocycles. The van der Waals surface area contributed by atoms with E-state index in [1.54, 1.807) is 0 Å². The zero-order valence-corrected chi connectivity index (χ0v) is 15.0. The first-order valence-electron chi connectivity index (χ1n) is 8.66. The first kappa shape index (κ1) is 17.9. The van der Waals surface area contributed by atoms with Gasteiger partial charge in [-0.05, 0) is 33.6 Å². The Morgan fingerprint density at radius 3 is 2.52 bits per heavy atom. The fourth-order valence-electron chi connectivity index (χ4n) is 3.32. The summed E-state index contributed by atoms with van der Waals surface area (Å²) in [4.78, 5) is 14.6. The molecule has 0 bridgehead atoms. The van der Waals surface area contributed by atoms with Crippen LogP contribution in [0, 0.1) is 6.92 Å². The zero-order valence-electron chi connectivity index (χ0n) is 15.0. The van der Waals surface area contributed by atoms with Gasteiger partial charge in [0, 0.05) is 19.2 Å². The van der Waals surface area contributed by atoms with Crippen LogP contribution in [0.3, 0.4) is 0 Å². The second-order valence-corrected chi connectivity index (χ2v) is 6.59. The molecule has 23 heavy (non-hydrogen) atoms. The summed E-state index contributed by atoms with van der Waals surface area (Å²) in [5.74, 6) is 0.814. The number of rotatable bonds is 6. The third kappa shape index (κ3) is 4.78. The number of carbonyl (C=O) groups excluding carboxylic acids is 1. The minimum atomic E-state index is 0.0124. The summed E-state index contributed by atoms with van der Waals surface area (Å²) in [5, 5.41) is 7.58. The lowest BCUT2D eigenvalue weighted by atomic mass is 10.2. The summed E-state index contributed by atoms with van der Waals surface area (Å²) in [6.07, 6.45) is 2.34. The molecule has 0 saturated carbocycles. The minimum Gasteiger partial charge on any atom is -0.373 e. The predicted octanol–water partition coefficient (Wildman–Crippen LogP) is 2.60. The molecule has 2 rings (SSSR count). The highest BCUT2D eigenvalue weighted by Crippen LogP contribution is 2.22. The summed E-state index contributed by atoms with van der Waals surface area (Å²) in [6, 6.07) is 2.27. The lowest BCUT2D eigenvalue weighted by Crippen LogP contribution is -2.48. The van der Waals surface area contributed by atoms with E-state index >= 15 is 0 Å². The molecule has 0 unspecified atom stereocenters. The minimum absolute atomic E-state index is 0.0124. The number of aromatic nitrogens is 2. The van der Waals surface area contributed by atoms with Crippen molar-refractivity contribution in [2.45, 2.75) is 65.7 Å². The van der Waals surface area contributed by atoms with Crippen molar-refractivity contribution in [2.75, 3.05) is 25.0 Å². The average molecular weight is 322 g/mol. The van der Waals surface area contributed by atoms with Crippen LogP contribution in [0.25, 0.3) is 0 Å². The molecule has 1 saturated heterocycles. The Morgan fingerprint density at radius 1 is 1.35 bits per heavy atom. The number of hydrogen-bond acceptors (Lipinski definition) is 4. The molecule has 130 valence electrons. The molecule has 0 aromatic carbocycles. The van der Waals surface area contributed by atoms with Gasteiger partial charge in [-0.3, -0.25) is 9.69 Å². The van der Waals surface area contributed by atoms with E-state index in [0.717, 1.165) is 37.4 Å². The number of morpholine rings is 1. The molecule has 1 fully saturated rings. The van der Waals surface area contributed by atoms with E-state index in [1.165, 1.54) is 0 Å². The number of anilines is 1. The van der Waals surface area contributed by atoms with E-state index in [9.17, 15) is 4.79 Å². The van der Waals surface area contributed by atoms with Gasteiger partial charge in [-0.25, -0.2) is 4.68 Å². The number of hydrogen-bond donors (Lipinski definition) is 1. The summed E-state index contributed by atoms with van der Waals surface area (Å²) < 4.78 is 7.67. The summed E-state index contributed by atoms with van der Waals surface area (Å²) in [6.45, 7) is 12.3. The second-order valence-electron chi connectivity index (χ2n) is 6.59. The SMILES string of the molecule is CCC(CC)n1nc(C)cc1NC(=O)CN1C[C@@H](C)O[C@@H](C)C1. The highest BCUT2D eigenvalue weighted by Gasteiger charge is 2.24. The molecule has 6 nitrogen and oxygen atoms in total. The molecule has 1 aliphatic heterocycles. The van der Waals surface area contributed by atoms with E-state index in [-0.39, 0.29) is 18.1 Å². The van der Waals surface area contributed by atoms with Crippen molar-refractivity contribution in [2.24, 2.45) is 0 Å². The number of nitrogens with one attached hydrogen (secondary N) is 1. The topological polar surface area (TPSA) is 59.4 Å². The standard InChI is InChI=1S/C17H30N4O2/c1-6-15(7-2)21-16(8-12(3)19-21)18-17(22)11-20-9-13(4)23-14(5)10-20/h8,13-15H,6-7,9-11H2,1-5H3,(H,18,22)/t13-,14+. The molecule has 1 aromatic rings. The van der Waals surface area contributed by atoms with Crippen molar-refractivity contribution in [3.05, 3.63) is 11.8 Å². The van der Waals surface area contributed by atoms with Crippen molar-refractivity contribution in [1.29, 1.82) is 0 Å². The monoisotopic (exact) mass is 322 g/mol. The van der Waals surface area contributed by atoms with Crippen LogP contribution in [0.1, 0.15) is 52.3 Å². The van der Waals surface area contributed by atoms with Crippen LogP contribution < -0.4 is 5.32 Å². The maximum absolute atomic E-state index is 12.4. The van der Waals surface area contributed by atoms with Crippen LogP contribution in [0.15, 0.2) is 6.07 Å². The van der Waals surface area contributed by atoms with Crippen molar-refractivity contribution in [3.63, 3.8) is 0 Å². The predicted molar refractivity (Wildman–Crippen MR) is 91.7 cm³/mol. The van der Waals surface area contributed by atoms with Crippen LogP contribution in [-0.2, 0) is 9.53 Å².